The fourth-order valence-corrected chi connectivity index (χ4v) is 11.7. The zero-order chi connectivity index (χ0) is 76.0. The van der Waals surface area contributed by atoms with Crippen molar-refractivity contribution in [2.45, 2.75) is 329 Å². The number of allylic oxidation sites excluding steroid dienone is 24. The molecular formula is C85H142O17P2. The Hall–Kier alpha value is -5.06. The number of hydrogen-bond donors (Lipinski definition) is 3. The Bertz CT molecular complexity index is 2540. The van der Waals surface area contributed by atoms with E-state index in [0.29, 0.717) is 32.1 Å². The van der Waals surface area contributed by atoms with Crippen molar-refractivity contribution in [3.8, 4) is 0 Å². The van der Waals surface area contributed by atoms with Gasteiger partial charge in [-0.1, -0.05) is 276 Å². The predicted octanol–water partition coefficient (Wildman–Crippen LogP) is 23.4. The van der Waals surface area contributed by atoms with Gasteiger partial charge >= 0.3 is 39.5 Å². The maximum absolute atomic E-state index is 13.1. The first-order chi connectivity index (χ1) is 50.7. The number of esters is 4. The highest BCUT2D eigenvalue weighted by Gasteiger charge is 2.30. The molecule has 5 atom stereocenters. The lowest BCUT2D eigenvalue weighted by Gasteiger charge is -2.21. The monoisotopic (exact) mass is 1500 g/mol. The molecule has 104 heavy (non-hydrogen) atoms. The molecule has 19 heteroatoms. The van der Waals surface area contributed by atoms with Crippen molar-refractivity contribution in [1.82, 2.24) is 0 Å². The van der Waals surface area contributed by atoms with E-state index in [1.54, 1.807) is 0 Å². The number of phosphoric ester groups is 2. The minimum Gasteiger partial charge on any atom is -0.462 e. The fraction of sp³-hybridized carbons (Fsp3) is 0.671. The molecule has 0 bridgehead atoms. The second kappa shape index (κ2) is 76.1. The summed E-state index contributed by atoms with van der Waals surface area (Å²) in [6.45, 7) is 4.54. The fourth-order valence-electron chi connectivity index (χ4n) is 10.1. The van der Waals surface area contributed by atoms with E-state index < -0.39 is 97.5 Å². The third-order valence-corrected chi connectivity index (χ3v) is 18.2. The molecule has 0 aromatic rings. The Balaban J connectivity index is 5.41. The van der Waals surface area contributed by atoms with Gasteiger partial charge in [-0.3, -0.25) is 37.3 Å². The third kappa shape index (κ3) is 75.2. The molecule has 594 valence electrons. The van der Waals surface area contributed by atoms with Crippen LogP contribution in [0, 0.1) is 0 Å². The summed E-state index contributed by atoms with van der Waals surface area (Å²) >= 11 is 0. The molecular weight excluding hydrogens is 1350 g/mol. The average molecular weight is 1500 g/mol. The molecule has 17 nitrogen and oxygen atoms in total. The van der Waals surface area contributed by atoms with E-state index in [-0.39, 0.29) is 25.7 Å². The highest BCUT2D eigenvalue weighted by Crippen LogP contribution is 2.45. The number of carbonyl (C=O) groups is 4. The number of aliphatic hydroxyl groups is 1. The van der Waals surface area contributed by atoms with Crippen LogP contribution in [0.3, 0.4) is 0 Å². The SMILES string of the molecule is CC/C=C\C/C=C\C/C=C\C/C=C\C/C=C\C/C=C\CCC(=O)OCC(COP(=O)(O)OCC(O)COP(=O)(O)OCC(COC(=O)CCCCCCCC/C=C\C/C=C\C/C=C\CCCCC)OC(=O)CCCCCCC/C=C\C/C=C\CCCCC)OC(=O)CCCCCCC/C=C\CCCC. The minimum absolute atomic E-state index is 0.0308. The van der Waals surface area contributed by atoms with Crippen LogP contribution in [0.5, 0.6) is 0 Å². The Labute approximate surface area is 630 Å². The summed E-state index contributed by atoms with van der Waals surface area (Å²) in [5.41, 5.74) is 0. The lowest BCUT2D eigenvalue weighted by molar-refractivity contribution is -0.161. The van der Waals surface area contributed by atoms with Gasteiger partial charge in [0.15, 0.2) is 12.2 Å². The molecule has 0 rings (SSSR count). The van der Waals surface area contributed by atoms with E-state index in [4.69, 9.17) is 37.0 Å². The summed E-state index contributed by atoms with van der Waals surface area (Å²) in [7, 11) is -9.99. The van der Waals surface area contributed by atoms with Crippen molar-refractivity contribution in [1.29, 1.82) is 0 Å². The van der Waals surface area contributed by atoms with Crippen LogP contribution in [-0.4, -0.2) is 96.7 Å². The molecule has 0 aliphatic heterocycles. The van der Waals surface area contributed by atoms with Gasteiger partial charge in [-0.05, 0) is 154 Å². The van der Waals surface area contributed by atoms with Gasteiger partial charge in [0.2, 0.25) is 0 Å². The second-order valence-corrected chi connectivity index (χ2v) is 29.2. The van der Waals surface area contributed by atoms with E-state index in [2.05, 4.69) is 155 Å². The van der Waals surface area contributed by atoms with Gasteiger partial charge in [-0.15, -0.1) is 0 Å². The topological polar surface area (TPSA) is 237 Å². The Morgan fingerprint density at radius 2 is 0.529 bits per heavy atom. The zero-order valence-corrected chi connectivity index (χ0v) is 66.7. The number of unbranched alkanes of at least 4 members (excludes halogenated alkanes) is 24. The highest BCUT2D eigenvalue weighted by atomic mass is 31.2. The normalized spacial score (nSPS) is 14.6. The molecule has 3 N–H and O–H groups in total. The van der Waals surface area contributed by atoms with Crippen LogP contribution in [0.25, 0.3) is 0 Å². The smallest absolute Gasteiger partial charge is 0.462 e. The summed E-state index contributed by atoms with van der Waals surface area (Å²) < 4.78 is 68.5. The quantitative estimate of drug-likeness (QED) is 0.0169. The summed E-state index contributed by atoms with van der Waals surface area (Å²) in [4.78, 5) is 72.9. The Morgan fingerprint density at radius 3 is 0.865 bits per heavy atom. The minimum atomic E-state index is -5.00. The third-order valence-electron chi connectivity index (χ3n) is 16.3. The maximum atomic E-state index is 13.1. The van der Waals surface area contributed by atoms with Crippen molar-refractivity contribution >= 4 is 39.5 Å². The van der Waals surface area contributed by atoms with Crippen LogP contribution < -0.4 is 0 Å². The molecule has 0 saturated heterocycles. The van der Waals surface area contributed by atoms with E-state index in [1.165, 1.54) is 51.4 Å². The van der Waals surface area contributed by atoms with Crippen LogP contribution in [0.2, 0.25) is 0 Å². The lowest BCUT2D eigenvalue weighted by atomic mass is 10.1. The standard InChI is InChI=1S/C85H142O17P2/c1-5-9-13-17-21-25-29-32-35-37-39-41-44-46-50-53-57-61-65-69-82(87)95-75-80(101-84(89)71-67-63-59-55-49-28-24-20-16-12-8-4)77-99-103(91,92)97-73-79(86)74-98-104(93,94)100-78-81(102-85(90)72-68-64-60-56-52-48-43-34-31-27-23-19-15-11-7-3)76-96-83(88)70-66-62-58-54-51-47-45-42-40-38-36-33-30-26-22-18-14-10-6-2/h9,13,20-27,32-36,39-43,46,50,57,61,79-81,86H,5-8,10-12,14-19,28-31,37-38,44-45,47-49,51-56,58-60,62-78H2,1-4H3,(H,91,92)(H,93,94)/b13-9-,24-20-,25-21-,26-22-,27-23-,35-32-,36-33-,41-39-,42-40-,43-34-,50-46-,61-57-. The number of hydrogen-bond acceptors (Lipinski definition) is 15. The highest BCUT2D eigenvalue weighted by molar-refractivity contribution is 7.47. The van der Waals surface area contributed by atoms with Gasteiger partial charge in [0.1, 0.15) is 19.3 Å². The number of ether oxygens (including phenoxy) is 4. The van der Waals surface area contributed by atoms with E-state index in [9.17, 15) is 43.2 Å². The first-order valence-corrected chi connectivity index (χ1v) is 43.1. The van der Waals surface area contributed by atoms with Gasteiger partial charge in [0, 0.05) is 25.7 Å². The Kier molecular flexibility index (Phi) is 72.4. The summed E-state index contributed by atoms with van der Waals surface area (Å²) in [5.74, 6) is -2.32. The van der Waals surface area contributed by atoms with Crippen LogP contribution in [0.1, 0.15) is 310 Å². The first kappa shape index (κ1) is 98.9. The molecule has 0 heterocycles. The summed E-state index contributed by atoms with van der Waals surface area (Å²) in [6.07, 6.45) is 87.0. The van der Waals surface area contributed by atoms with Crippen molar-refractivity contribution in [2.75, 3.05) is 39.6 Å². The largest absolute Gasteiger partial charge is 0.472 e. The van der Waals surface area contributed by atoms with E-state index in [0.717, 1.165) is 173 Å². The van der Waals surface area contributed by atoms with Gasteiger partial charge in [0.05, 0.1) is 26.4 Å². The molecule has 0 saturated carbocycles. The summed E-state index contributed by atoms with van der Waals surface area (Å²) in [5, 5.41) is 10.6. The van der Waals surface area contributed by atoms with Crippen molar-refractivity contribution in [3.63, 3.8) is 0 Å². The number of phosphoric acid groups is 2. The van der Waals surface area contributed by atoms with Crippen LogP contribution >= 0.6 is 15.6 Å². The van der Waals surface area contributed by atoms with Crippen LogP contribution in [0.15, 0.2) is 146 Å². The molecule has 0 aliphatic carbocycles. The van der Waals surface area contributed by atoms with E-state index in [1.807, 2.05) is 18.2 Å². The molecule has 0 aromatic heterocycles. The molecule has 0 fully saturated rings. The predicted molar refractivity (Wildman–Crippen MR) is 427 cm³/mol. The van der Waals surface area contributed by atoms with Gasteiger partial charge in [0.25, 0.3) is 0 Å². The number of aliphatic hydroxyl groups excluding tert-OH is 1. The van der Waals surface area contributed by atoms with Crippen LogP contribution in [-0.2, 0) is 65.4 Å². The first-order valence-electron chi connectivity index (χ1n) is 40.1. The summed E-state index contributed by atoms with van der Waals surface area (Å²) in [6, 6.07) is 0. The van der Waals surface area contributed by atoms with Gasteiger partial charge < -0.3 is 33.8 Å². The Morgan fingerprint density at radius 1 is 0.279 bits per heavy atom. The van der Waals surface area contributed by atoms with Crippen molar-refractivity contribution < 1.29 is 80.2 Å². The molecule has 0 radical (unpaired) electrons. The van der Waals surface area contributed by atoms with Gasteiger partial charge in [-0.25, -0.2) is 9.13 Å². The zero-order valence-electron chi connectivity index (χ0n) is 64.9. The van der Waals surface area contributed by atoms with Crippen molar-refractivity contribution in [3.05, 3.63) is 146 Å². The van der Waals surface area contributed by atoms with Gasteiger partial charge in [-0.2, -0.15) is 0 Å². The average Bonchev–Trinajstić information content (AvgIpc) is 0.931. The lowest BCUT2D eigenvalue weighted by Crippen LogP contribution is -2.30. The molecule has 0 aromatic carbocycles. The maximum Gasteiger partial charge on any atom is 0.472 e. The molecule has 0 amide bonds. The van der Waals surface area contributed by atoms with Crippen molar-refractivity contribution in [2.24, 2.45) is 0 Å². The molecule has 5 unspecified atom stereocenters. The molecule has 0 aliphatic rings. The second-order valence-electron chi connectivity index (χ2n) is 26.3. The van der Waals surface area contributed by atoms with E-state index >= 15 is 0 Å². The number of rotatable bonds is 74. The molecule has 0 spiro atoms. The van der Waals surface area contributed by atoms with Crippen LogP contribution in [0.4, 0.5) is 0 Å². The number of carbonyl (C=O) groups excluding carboxylic acids is 4.